The summed E-state index contributed by atoms with van der Waals surface area (Å²) in [7, 11) is 3.10. The molecule has 0 saturated carbocycles. The first-order valence-corrected chi connectivity index (χ1v) is 11.0. The molecule has 4 aliphatic rings. The van der Waals surface area contributed by atoms with Gasteiger partial charge in [0.05, 0.1) is 32.3 Å². The van der Waals surface area contributed by atoms with Crippen molar-refractivity contribution < 1.29 is 19.1 Å². The fourth-order valence-electron chi connectivity index (χ4n) is 5.91. The van der Waals surface area contributed by atoms with Gasteiger partial charge in [0.15, 0.2) is 11.5 Å². The highest BCUT2D eigenvalue weighted by atomic mass is 16.5. The van der Waals surface area contributed by atoms with Crippen LogP contribution in [0.15, 0.2) is 71.8 Å². The second-order valence-corrected chi connectivity index (χ2v) is 8.58. The van der Waals surface area contributed by atoms with Gasteiger partial charge in [-0.3, -0.25) is 9.59 Å². The van der Waals surface area contributed by atoms with Gasteiger partial charge in [0.2, 0.25) is 0 Å². The molecule has 2 amide bonds. The molecule has 0 aromatic heterocycles. The van der Waals surface area contributed by atoms with Crippen LogP contribution in [-0.4, -0.2) is 37.3 Å². The molecular formula is C27H22N2O4. The molecule has 0 N–H and O–H groups in total. The van der Waals surface area contributed by atoms with E-state index in [4.69, 9.17) is 9.47 Å². The molecule has 6 heteroatoms. The van der Waals surface area contributed by atoms with E-state index in [0.717, 1.165) is 27.3 Å². The van der Waals surface area contributed by atoms with E-state index in [0.29, 0.717) is 17.1 Å². The number of carbonyl (C=O) groups is 2. The molecule has 3 aromatic rings. The van der Waals surface area contributed by atoms with Crippen molar-refractivity contribution in [3.63, 3.8) is 0 Å². The first-order valence-electron chi connectivity index (χ1n) is 11.0. The van der Waals surface area contributed by atoms with Crippen LogP contribution in [0.1, 0.15) is 39.7 Å². The quantitative estimate of drug-likeness (QED) is 0.457. The zero-order chi connectivity index (χ0) is 22.7. The summed E-state index contributed by atoms with van der Waals surface area (Å²) in [5.41, 5.74) is 5.20. The Labute approximate surface area is 191 Å². The van der Waals surface area contributed by atoms with Gasteiger partial charge in [-0.25, -0.2) is 0 Å². The van der Waals surface area contributed by atoms with Crippen molar-refractivity contribution in [3.8, 4) is 11.5 Å². The first kappa shape index (κ1) is 19.7. The molecule has 1 heterocycles. The number of benzene rings is 3. The maximum absolute atomic E-state index is 13.6. The maximum atomic E-state index is 13.6. The summed E-state index contributed by atoms with van der Waals surface area (Å²) in [5, 5.41) is 5.42. The molecule has 164 valence electrons. The zero-order valence-electron chi connectivity index (χ0n) is 18.3. The summed E-state index contributed by atoms with van der Waals surface area (Å²) in [4.78, 5) is 27.2. The average molecular weight is 438 g/mol. The average Bonchev–Trinajstić information content (AvgIpc) is 3.12. The van der Waals surface area contributed by atoms with Crippen molar-refractivity contribution in [2.75, 3.05) is 14.2 Å². The van der Waals surface area contributed by atoms with E-state index in [9.17, 15) is 9.59 Å². The van der Waals surface area contributed by atoms with E-state index in [1.54, 1.807) is 26.4 Å². The van der Waals surface area contributed by atoms with E-state index in [2.05, 4.69) is 29.4 Å². The molecule has 1 saturated heterocycles. The van der Waals surface area contributed by atoms with Gasteiger partial charge in [-0.2, -0.15) is 10.1 Å². The Kier molecular flexibility index (Phi) is 4.37. The molecule has 3 aliphatic carbocycles. The maximum Gasteiger partial charge on any atom is 0.254 e. The van der Waals surface area contributed by atoms with Crippen LogP contribution < -0.4 is 9.47 Å². The SMILES string of the molecule is COc1cccc(/C=N\N2C(=O)[C@@H]3C4c5ccccc5C(c5ccccc54)[C@@H]3C2=O)c1OC. The fraction of sp³-hybridized carbons (Fsp3) is 0.222. The predicted octanol–water partition coefficient (Wildman–Crippen LogP) is 3.93. The van der Waals surface area contributed by atoms with Crippen LogP contribution in [-0.2, 0) is 9.59 Å². The van der Waals surface area contributed by atoms with Crippen molar-refractivity contribution in [2.24, 2.45) is 16.9 Å². The summed E-state index contributed by atoms with van der Waals surface area (Å²) >= 11 is 0. The van der Waals surface area contributed by atoms with E-state index in [1.165, 1.54) is 6.21 Å². The van der Waals surface area contributed by atoms with Crippen LogP contribution in [0.5, 0.6) is 11.5 Å². The van der Waals surface area contributed by atoms with E-state index < -0.39 is 11.8 Å². The minimum absolute atomic E-state index is 0.143. The second kappa shape index (κ2) is 7.30. The van der Waals surface area contributed by atoms with Crippen LogP contribution in [0.3, 0.4) is 0 Å². The minimum Gasteiger partial charge on any atom is -0.493 e. The van der Waals surface area contributed by atoms with Gasteiger partial charge in [-0.15, -0.1) is 0 Å². The molecule has 7 rings (SSSR count). The van der Waals surface area contributed by atoms with E-state index in [1.807, 2.05) is 30.3 Å². The lowest BCUT2D eigenvalue weighted by Crippen LogP contribution is -2.41. The summed E-state index contributed by atoms with van der Waals surface area (Å²) < 4.78 is 10.8. The molecule has 3 aromatic carbocycles. The summed E-state index contributed by atoms with van der Waals surface area (Å²) in [6.45, 7) is 0. The predicted molar refractivity (Wildman–Crippen MR) is 123 cm³/mol. The number of rotatable bonds is 4. The molecule has 0 unspecified atom stereocenters. The van der Waals surface area contributed by atoms with Gasteiger partial charge < -0.3 is 9.47 Å². The van der Waals surface area contributed by atoms with Crippen molar-refractivity contribution >= 4 is 18.0 Å². The smallest absolute Gasteiger partial charge is 0.254 e. The Morgan fingerprint density at radius 1 is 0.727 bits per heavy atom. The van der Waals surface area contributed by atoms with Crippen molar-refractivity contribution in [3.05, 3.63) is 94.5 Å². The number of hydrazone groups is 1. The first-order chi connectivity index (χ1) is 16.2. The topological polar surface area (TPSA) is 68.2 Å². The second-order valence-electron chi connectivity index (χ2n) is 8.58. The fourth-order valence-corrected chi connectivity index (χ4v) is 5.91. The highest BCUT2D eigenvalue weighted by Crippen LogP contribution is 2.60. The van der Waals surface area contributed by atoms with Gasteiger partial charge >= 0.3 is 0 Å². The van der Waals surface area contributed by atoms with Crippen LogP contribution >= 0.6 is 0 Å². The standard InChI is InChI=1S/C27H22N2O4/c1-32-20-13-7-8-15(25(20)33-2)14-28-29-26(30)23-21-16-9-3-4-10-17(16)22(24(23)27(29)31)19-12-6-5-11-18(19)21/h3-14,21-24H,1-2H3/b28-14-/t21?,22?,23-,24+. The number of imide groups is 1. The Morgan fingerprint density at radius 3 is 1.70 bits per heavy atom. The van der Waals surface area contributed by atoms with Gasteiger partial charge in [0.25, 0.3) is 11.8 Å². The normalized spacial score (nSPS) is 24.6. The lowest BCUT2D eigenvalue weighted by molar-refractivity contribution is -0.139. The number of ether oxygens (including phenoxy) is 2. The number of nitrogens with zero attached hydrogens (tertiary/aromatic N) is 2. The summed E-state index contributed by atoms with van der Waals surface area (Å²) in [5.74, 6) is -0.623. The number of hydrogen-bond donors (Lipinski definition) is 0. The van der Waals surface area contributed by atoms with Crippen molar-refractivity contribution in [1.82, 2.24) is 5.01 Å². The molecule has 2 atom stereocenters. The molecule has 0 radical (unpaired) electrons. The van der Waals surface area contributed by atoms with Gasteiger partial charge in [-0.05, 0) is 34.4 Å². The zero-order valence-corrected chi connectivity index (χ0v) is 18.3. The third-order valence-corrected chi connectivity index (χ3v) is 7.17. The highest BCUT2D eigenvalue weighted by Gasteiger charge is 2.61. The Balaban J connectivity index is 1.43. The largest absolute Gasteiger partial charge is 0.493 e. The number of amides is 2. The lowest BCUT2D eigenvalue weighted by Gasteiger charge is -2.45. The summed E-state index contributed by atoms with van der Waals surface area (Å²) in [6.07, 6.45) is 1.50. The van der Waals surface area contributed by atoms with E-state index >= 15 is 0 Å². The van der Waals surface area contributed by atoms with Crippen molar-refractivity contribution in [1.29, 1.82) is 0 Å². The molecule has 0 spiro atoms. The summed E-state index contributed by atoms with van der Waals surface area (Å²) in [6, 6.07) is 21.8. The van der Waals surface area contributed by atoms with E-state index in [-0.39, 0.29) is 23.7 Å². The molecule has 1 aliphatic heterocycles. The molecule has 33 heavy (non-hydrogen) atoms. The highest BCUT2D eigenvalue weighted by molar-refractivity contribution is 6.08. The van der Waals surface area contributed by atoms with Crippen LogP contribution in [0, 0.1) is 11.8 Å². The van der Waals surface area contributed by atoms with Crippen LogP contribution in [0.2, 0.25) is 0 Å². The molecule has 1 fully saturated rings. The Hall–Kier alpha value is -3.93. The number of hydrogen-bond acceptors (Lipinski definition) is 5. The van der Waals surface area contributed by atoms with Crippen LogP contribution in [0.4, 0.5) is 0 Å². The number of methoxy groups -OCH3 is 2. The van der Waals surface area contributed by atoms with Gasteiger partial charge in [0.1, 0.15) is 0 Å². The van der Waals surface area contributed by atoms with Gasteiger partial charge in [0, 0.05) is 17.4 Å². The third-order valence-electron chi connectivity index (χ3n) is 7.17. The van der Waals surface area contributed by atoms with Crippen LogP contribution in [0.25, 0.3) is 0 Å². The number of carbonyl (C=O) groups excluding carboxylic acids is 2. The lowest BCUT2D eigenvalue weighted by atomic mass is 9.55. The molecule has 2 bridgehead atoms. The van der Waals surface area contributed by atoms with Crippen molar-refractivity contribution in [2.45, 2.75) is 11.8 Å². The molecule has 6 nitrogen and oxygen atoms in total. The third kappa shape index (κ3) is 2.64. The number of para-hydroxylation sites is 1. The Bertz CT molecular complexity index is 1220. The Morgan fingerprint density at radius 2 is 1.24 bits per heavy atom. The minimum atomic E-state index is -0.448. The monoisotopic (exact) mass is 438 g/mol. The molecular weight excluding hydrogens is 416 g/mol. The van der Waals surface area contributed by atoms with Gasteiger partial charge in [-0.1, -0.05) is 54.6 Å².